The van der Waals surface area contributed by atoms with Gasteiger partial charge in [-0.25, -0.2) is 13.2 Å². The number of hydrogen-bond donors (Lipinski definition) is 4. The number of nitrogens with zero attached hydrogens (tertiary/aromatic N) is 4. The van der Waals surface area contributed by atoms with E-state index in [0.29, 0.717) is 27.0 Å². The standard InChI is InChI=1S/C43H40N6O8S2/c44-24-43(25-45,26-46)49(33-21-17-30(18-22-33)42(54)55)59(56,57)34-8-4-7-31(23-34)38(50)48-40-37(35-9-1-2-10-36(35)58-40)39(51)47-32-19-13-28(14-20-32)6-3-5-27-11-15-29(16-12-27)41(52)53/h4,7-8,11-16,19-20,23,30,33H,1-3,5-6,9-10,17-18,21-22H2,(H,47,51)(H,48,50)(H,52,53)(H,54,55)/t30-,33-. The van der Waals surface area contributed by atoms with Gasteiger partial charge in [0.1, 0.15) is 23.2 Å². The van der Waals surface area contributed by atoms with Crippen LogP contribution < -0.4 is 10.6 Å². The second kappa shape index (κ2) is 18.0. The van der Waals surface area contributed by atoms with Gasteiger partial charge in [-0.3, -0.25) is 14.4 Å². The SMILES string of the molecule is N#CC(C#N)(C#N)N([C@H]1CC[C@H](C(=O)O)CC1)S(=O)(=O)c1cccc(C(=O)Nc2sc3c(c2C(=O)Nc2ccc(CCCc4ccc(C(=O)O)cc4)cc2)CCCC3)c1. The van der Waals surface area contributed by atoms with Gasteiger partial charge >= 0.3 is 11.9 Å². The number of fused-ring (bicyclic) bond motifs is 1. The molecule has 2 amide bonds. The van der Waals surface area contributed by atoms with Gasteiger partial charge in [0.2, 0.25) is 10.0 Å². The lowest BCUT2D eigenvalue weighted by molar-refractivity contribution is -0.143. The topological polar surface area (TPSA) is 242 Å². The molecule has 0 aliphatic heterocycles. The highest BCUT2D eigenvalue weighted by Crippen LogP contribution is 2.40. The number of carbonyl (C=O) groups excluding carboxylic acids is 2. The molecule has 0 bridgehead atoms. The number of thiophene rings is 1. The number of benzene rings is 3. The number of sulfonamides is 1. The van der Waals surface area contributed by atoms with Crippen LogP contribution in [0.5, 0.6) is 0 Å². The first-order valence-corrected chi connectivity index (χ1v) is 21.4. The van der Waals surface area contributed by atoms with Crippen LogP contribution in [0.1, 0.15) is 97.6 Å². The molecule has 2 aliphatic rings. The van der Waals surface area contributed by atoms with E-state index in [9.17, 15) is 48.5 Å². The molecule has 0 unspecified atom stereocenters. The molecule has 1 aromatic heterocycles. The molecule has 2 aliphatic carbocycles. The van der Waals surface area contributed by atoms with Crippen molar-refractivity contribution in [3.8, 4) is 18.2 Å². The molecule has 16 heteroatoms. The predicted molar refractivity (Wildman–Crippen MR) is 217 cm³/mol. The maximum atomic E-state index is 14.3. The Morgan fingerprint density at radius 3 is 1.98 bits per heavy atom. The van der Waals surface area contributed by atoms with Gasteiger partial charge in [-0.2, -0.15) is 15.8 Å². The molecule has 6 rings (SSSR count). The number of carboxylic acids is 2. The number of carboxylic acid groups (broad SMARTS) is 2. The number of aliphatic carboxylic acids is 1. The number of aryl methyl sites for hydroxylation is 3. The fourth-order valence-electron chi connectivity index (χ4n) is 7.67. The number of aromatic carboxylic acids is 1. The monoisotopic (exact) mass is 832 g/mol. The van der Waals surface area contributed by atoms with Gasteiger partial charge in [-0.15, -0.1) is 15.6 Å². The highest BCUT2D eigenvalue weighted by atomic mass is 32.2. The van der Waals surface area contributed by atoms with Crippen molar-refractivity contribution in [1.82, 2.24) is 4.31 Å². The average molecular weight is 833 g/mol. The summed E-state index contributed by atoms with van der Waals surface area (Å²) in [5, 5.41) is 54.5. The minimum Gasteiger partial charge on any atom is -0.481 e. The fourth-order valence-corrected chi connectivity index (χ4v) is 10.8. The third kappa shape index (κ3) is 9.19. The average Bonchev–Trinajstić information content (AvgIpc) is 3.61. The van der Waals surface area contributed by atoms with Gasteiger partial charge in [0.15, 0.2) is 0 Å². The van der Waals surface area contributed by atoms with Gasteiger partial charge in [-0.05, 0) is 130 Å². The number of amides is 2. The lowest BCUT2D eigenvalue weighted by atomic mass is 9.85. The van der Waals surface area contributed by atoms with Crippen molar-refractivity contribution in [2.24, 2.45) is 5.92 Å². The molecule has 0 atom stereocenters. The molecular formula is C43H40N6O8S2. The van der Waals surface area contributed by atoms with Crippen LogP contribution >= 0.6 is 11.3 Å². The molecular weight excluding hydrogens is 793 g/mol. The zero-order valence-corrected chi connectivity index (χ0v) is 33.4. The molecule has 0 saturated heterocycles. The van der Waals surface area contributed by atoms with Crippen molar-refractivity contribution < 1.29 is 37.8 Å². The minimum atomic E-state index is -4.79. The Bertz CT molecular complexity index is 2470. The summed E-state index contributed by atoms with van der Waals surface area (Å²) in [5.74, 6) is -3.87. The van der Waals surface area contributed by atoms with Gasteiger partial charge < -0.3 is 20.8 Å². The van der Waals surface area contributed by atoms with Crippen LogP contribution in [0.2, 0.25) is 0 Å². The zero-order chi connectivity index (χ0) is 42.3. The Morgan fingerprint density at radius 2 is 1.39 bits per heavy atom. The number of nitrogens with one attached hydrogen (secondary N) is 2. The van der Waals surface area contributed by atoms with E-state index in [4.69, 9.17) is 5.11 Å². The Hall–Kier alpha value is -6.38. The van der Waals surface area contributed by atoms with Crippen molar-refractivity contribution in [3.05, 3.63) is 111 Å². The Labute approximate surface area is 345 Å². The summed E-state index contributed by atoms with van der Waals surface area (Å²) in [6.45, 7) is 0. The van der Waals surface area contributed by atoms with Crippen LogP contribution in [-0.2, 0) is 40.5 Å². The molecule has 1 fully saturated rings. The zero-order valence-electron chi connectivity index (χ0n) is 31.8. The van der Waals surface area contributed by atoms with Crippen molar-refractivity contribution in [1.29, 1.82) is 15.8 Å². The lowest BCUT2D eigenvalue weighted by Crippen LogP contribution is -2.55. The quantitative estimate of drug-likeness (QED) is 0.101. The maximum Gasteiger partial charge on any atom is 0.335 e. The van der Waals surface area contributed by atoms with E-state index in [1.807, 2.05) is 24.3 Å². The van der Waals surface area contributed by atoms with Gasteiger partial charge in [0.05, 0.1) is 21.9 Å². The summed E-state index contributed by atoms with van der Waals surface area (Å²) in [6.07, 6.45) is 5.67. The lowest BCUT2D eigenvalue weighted by Gasteiger charge is -2.38. The largest absolute Gasteiger partial charge is 0.481 e. The minimum absolute atomic E-state index is 0.00461. The molecule has 4 N–H and O–H groups in total. The van der Waals surface area contributed by atoms with Crippen LogP contribution in [-0.4, -0.2) is 58.3 Å². The molecule has 0 spiro atoms. The highest BCUT2D eigenvalue weighted by molar-refractivity contribution is 7.89. The third-order valence-electron chi connectivity index (χ3n) is 10.8. The first-order valence-electron chi connectivity index (χ1n) is 19.1. The van der Waals surface area contributed by atoms with E-state index in [-0.39, 0.29) is 36.8 Å². The summed E-state index contributed by atoms with van der Waals surface area (Å²) in [6, 6.07) is 22.9. The second-order valence-corrected chi connectivity index (χ2v) is 17.5. The molecule has 3 aromatic carbocycles. The van der Waals surface area contributed by atoms with Crippen LogP contribution in [0.4, 0.5) is 10.7 Å². The van der Waals surface area contributed by atoms with Gasteiger partial charge in [-0.1, -0.05) is 30.3 Å². The number of carbonyl (C=O) groups is 4. The van der Waals surface area contributed by atoms with E-state index < -0.39 is 56.2 Å². The molecule has 4 aromatic rings. The van der Waals surface area contributed by atoms with Crippen LogP contribution in [0.3, 0.4) is 0 Å². The summed E-state index contributed by atoms with van der Waals surface area (Å²) in [5.41, 5.74) is 1.21. The molecule has 302 valence electrons. The van der Waals surface area contributed by atoms with Crippen LogP contribution in [0.15, 0.2) is 77.7 Å². The Balaban J connectivity index is 1.19. The van der Waals surface area contributed by atoms with Crippen molar-refractivity contribution in [2.75, 3.05) is 10.6 Å². The van der Waals surface area contributed by atoms with E-state index >= 15 is 0 Å². The van der Waals surface area contributed by atoms with Crippen LogP contribution in [0.25, 0.3) is 0 Å². The van der Waals surface area contributed by atoms with Crippen LogP contribution in [0, 0.1) is 39.9 Å². The molecule has 1 heterocycles. The number of hydrogen-bond acceptors (Lipinski definition) is 10. The second-order valence-electron chi connectivity index (χ2n) is 14.6. The normalized spacial score (nSPS) is 16.4. The smallest absolute Gasteiger partial charge is 0.335 e. The molecule has 1 saturated carbocycles. The van der Waals surface area contributed by atoms with Crippen molar-refractivity contribution >= 4 is 55.8 Å². The number of anilines is 2. The fraction of sp³-hybridized carbons (Fsp3) is 0.326. The van der Waals surface area contributed by atoms with Gasteiger partial charge in [0.25, 0.3) is 17.4 Å². The summed E-state index contributed by atoms with van der Waals surface area (Å²) < 4.78 is 29.1. The maximum absolute atomic E-state index is 14.3. The van der Waals surface area contributed by atoms with E-state index in [0.717, 1.165) is 66.2 Å². The summed E-state index contributed by atoms with van der Waals surface area (Å²) in [4.78, 5) is 51.0. The summed E-state index contributed by atoms with van der Waals surface area (Å²) in [7, 11) is -4.79. The number of nitriles is 3. The van der Waals surface area contributed by atoms with Crippen molar-refractivity contribution in [2.45, 2.75) is 87.1 Å². The van der Waals surface area contributed by atoms with E-state index in [1.165, 1.54) is 29.5 Å². The predicted octanol–water partition coefficient (Wildman–Crippen LogP) is 6.95. The van der Waals surface area contributed by atoms with E-state index in [1.54, 1.807) is 42.5 Å². The van der Waals surface area contributed by atoms with Crippen molar-refractivity contribution in [3.63, 3.8) is 0 Å². The van der Waals surface area contributed by atoms with Gasteiger partial charge in [0, 0.05) is 22.2 Å². The molecule has 0 radical (unpaired) electrons. The van der Waals surface area contributed by atoms with E-state index in [2.05, 4.69) is 10.6 Å². The first-order chi connectivity index (χ1) is 28.3. The number of rotatable bonds is 14. The Morgan fingerprint density at radius 1 is 0.780 bits per heavy atom. The highest BCUT2D eigenvalue weighted by Gasteiger charge is 2.51. The Kier molecular flexibility index (Phi) is 12.9. The molecule has 59 heavy (non-hydrogen) atoms. The third-order valence-corrected chi connectivity index (χ3v) is 14.0. The summed E-state index contributed by atoms with van der Waals surface area (Å²) >= 11 is 1.29. The molecule has 14 nitrogen and oxygen atoms in total. The first kappa shape index (κ1) is 42.2.